The first kappa shape index (κ1) is 28.6. The molecule has 1 saturated heterocycles. The van der Waals surface area contributed by atoms with E-state index >= 15 is 0 Å². The van der Waals surface area contributed by atoms with E-state index in [1.807, 2.05) is 0 Å². The van der Waals surface area contributed by atoms with Crippen LogP contribution in [-0.2, 0) is 38.5 Å². The van der Waals surface area contributed by atoms with Gasteiger partial charge in [0.05, 0.1) is 34.9 Å². The summed E-state index contributed by atoms with van der Waals surface area (Å²) in [5.41, 5.74) is 0. The van der Waals surface area contributed by atoms with Crippen LogP contribution in [0.15, 0.2) is 51.1 Å². The van der Waals surface area contributed by atoms with Crippen molar-refractivity contribution in [1.82, 2.24) is 4.90 Å². The zero-order chi connectivity index (χ0) is 28.6. The van der Waals surface area contributed by atoms with Crippen LogP contribution in [0.5, 0.6) is 5.75 Å². The second-order valence-electron chi connectivity index (χ2n) is 8.70. The van der Waals surface area contributed by atoms with Crippen molar-refractivity contribution in [2.24, 2.45) is 5.92 Å². The Hall–Kier alpha value is -2.97. The Morgan fingerprint density at radius 1 is 0.925 bits per heavy atom. The summed E-state index contributed by atoms with van der Waals surface area (Å²) in [5, 5.41) is 36.4. The quantitative estimate of drug-likeness (QED) is 0.0622. The van der Waals surface area contributed by atoms with E-state index in [9.17, 15) is 27.7 Å². The summed E-state index contributed by atoms with van der Waals surface area (Å²) >= 11 is 1.12. The smallest absolute Gasteiger partial charge is 0.308 e. The fraction of sp³-hybridized carbons (Fsp3) is 0.217. The fourth-order valence-electron chi connectivity index (χ4n) is 4.86. The summed E-state index contributed by atoms with van der Waals surface area (Å²) in [4.78, 5) is 25.5. The second kappa shape index (κ2) is 11.5. The molecule has 1 atom stereocenters. The van der Waals surface area contributed by atoms with Gasteiger partial charge in [0.1, 0.15) is 10.6 Å². The van der Waals surface area contributed by atoms with Gasteiger partial charge in [-0.2, -0.15) is 8.42 Å². The summed E-state index contributed by atoms with van der Waals surface area (Å²) < 4.78 is 49.6. The van der Waals surface area contributed by atoms with Gasteiger partial charge in [-0.05, 0) is 35.4 Å². The van der Waals surface area contributed by atoms with Gasteiger partial charge in [-0.3, -0.25) is 14.1 Å². The predicted molar refractivity (Wildman–Crippen MR) is 139 cm³/mol. The average molecular weight is 614 g/mol. The van der Waals surface area contributed by atoms with Crippen LogP contribution >= 0.6 is 24.1 Å². The lowest BCUT2D eigenvalue weighted by Gasteiger charge is -2.20. The van der Waals surface area contributed by atoms with E-state index in [0.29, 0.717) is 62.3 Å². The lowest BCUT2D eigenvalue weighted by atomic mass is 9.93. The molecular weight excluding hydrogens is 594 g/mol. The zero-order valence-corrected chi connectivity index (χ0v) is 22.5. The molecule has 40 heavy (non-hydrogen) atoms. The Bertz CT molecular complexity index is 1710. The molecule has 4 aromatic rings. The maximum Gasteiger partial charge on any atom is 0.308 e. The van der Waals surface area contributed by atoms with Crippen LogP contribution in [-0.4, -0.2) is 65.1 Å². The molecule has 0 aromatic heterocycles. The molecule has 1 heterocycles. The van der Waals surface area contributed by atoms with Crippen LogP contribution in [0.25, 0.3) is 32.3 Å². The number of rotatable bonds is 11. The average Bonchev–Trinajstić information content (AvgIpc) is 3.43. The van der Waals surface area contributed by atoms with Crippen LogP contribution in [0.2, 0.25) is 0 Å². The van der Waals surface area contributed by atoms with Crippen LogP contribution < -0.4 is 4.74 Å². The molecule has 0 aliphatic carbocycles. The summed E-state index contributed by atoms with van der Waals surface area (Å²) in [6.45, 7) is -0.0764. The number of carbonyl (C=O) groups excluding carboxylic acids is 1. The lowest BCUT2D eigenvalue weighted by molar-refractivity contribution is -0.432. The highest BCUT2D eigenvalue weighted by atomic mass is 32.2. The fourth-order valence-corrected chi connectivity index (χ4v) is 6.70. The lowest BCUT2D eigenvalue weighted by Crippen LogP contribution is -2.33. The predicted octanol–water partition coefficient (Wildman–Crippen LogP) is 4.00. The van der Waals surface area contributed by atoms with Gasteiger partial charge in [0.15, 0.2) is 6.61 Å². The van der Waals surface area contributed by atoms with Crippen LogP contribution in [0.3, 0.4) is 0 Å². The number of carboxylic acid groups (broad SMARTS) is 1. The number of benzene rings is 4. The summed E-state index contributed by atoms with van der Waals surface area (Å²) in [7, 11) is -4.73. The largest absolute Gasteiger partial charge is 0.483 e. The third-order valence-electron chi connectivity index (χ3n) is 6.57. The van der Waals surface area contributed by atoms with Crippen LogP contribution in [0.4, 0.5) is 0 Å². The summed E-state index contributed by atoms with van der Waals surface area (Å²) in [5.74, 6) is -1.86. The second-order valence-corrected chi connectivity index (χ2v) is 11.6. The Balaban J connectivity index is 1.66. The van der Waals surface area contributed by atoms with Crippen molar-refractivity contribution in [3.8, 4) is 5.75 Å². The van der Waals surface area contributed by atoms with Gasteiger partial charge < -0.3 is 14.7 Å². The maximum absolute atomic E-state index is 12.8. The number of aliphatic carboxylic acids is 1. The number of amides is 1. The minimum Gasteiger partial charge on any atom is -0.483 e. The normalized spacial score (nSPS) is 16.0. The van der Waals surface area contributed by atoms with E-state index in [1.165, 1.54) is 17.0 Å². The van der Waals surface area contributed by atoms with Crippen molar-refractivity contribution in [2.75, 3.05) is 19.7 Å². The van der Waals surface area contributed by atoms with Gasteiger partial charge >= 0.3 is 5.97 Å². The minimum absolute atomic E-state index is 0.0667. The molecule has 4 N–H and O–H groups in total. The molecule has 0 bridgehead atoms. The van der Waals surface area contributed by atoms with Gasteiger partial charge in [-0.1, -0.05) is 28.3 Å². The third kappa shape index (κ3) is 5.36. The highest BCUT2D eigenvalue weighted by molar-refractivity contribution is 7.95. The number of hydrogen-bond acceptors (Lipinski definition) is 13. The van der Waals surface area contributed by atoms with Crippen LogP contribution in [0, 0.1) is 5.92 Å². The Morgan fingerprint density at radius 2 is 1.50 bits per heavy atom. The summed E-state index contributed by atoms with van der Waals surface area (Å²) in [6, 6.07) is 9.04. The SMILES string of the molecule is O=C(O)C1CCN(C(=O)COc2cc(SOOO)c3ccc4c(SOOO)cc(S(=O)(=O)O)c5ccc2c3c45)C1. The first-order chi connectivity index (χ1) is 19.1. The summed E-state index contributed by atoms with van der Waals surface area (Å²) in [6.07, 6.45) is 0.334. The van der Waals surface area contributed by atoms with E-state index in [1.54, 1.807) is 18.2 Å². The Kier molecular flexibility index (Phi) is 8.20. The molecule has 5 rings (SSSR count). The molecule has 4 aromatic carbocycles. The van der Waals surface area contributed by atoms with E-state index in [-0.39, 0.29) is 29.1 Å². The molecule has 0 radical (unpaired) electrons. The zero-order valence-electron chi connectivity index (χ0n) is 20.0. The number of nitrogens with zero attached hydrogens (tertiary/aromatic N) is 1. The minimum atomic E-state index is -4.73. The molecule has 0 spiro atoms. The molecule has 14 nitrogen and oxygen atoms in total. The highest BCUT2D eigenvalue weighted by Gasteiger charge is 2.31. The molecule has 1 fully saturated rings. The van der Waals surface area contributed by atoms with Gasteiger partial charge in [0.2, 0.25) is 0 Å². The van der Waals surface area contributed by atoms with Gasteiger partial charge in [0, 0.05) is 39.5 Å². The van der Waals surface area contributed by atoms with Gasteiger partial charge in [0.25, 0.3) is 16.0 Å². The molecule has 1 amide bonds. The van der Waals surface area contributed by atoms with Crippen molar-refractivity contribution < 1.29 is 61.7 Å². The number of carboxylic acids is 1. The third-order valence-corrected chi connectivity index (χ3v) is 8.76. The van der Waals surface area contributed by atoms with Crippen molar-refractivity contribution in [3.63, 3.8) is 0 Å². The highest BCUT2D eigenvalue weighted by Crippen LogP contribution is 2.47. The molecule has 17 heteroatoms. The molecule has 1 unspecified atom stereocenters. The standard InChI is InChI=1S/C23H19NO13S3/c25-20(24-6-5-11(9-24)23(26)27)10-33-16-7-17(38-36-34-28)13-2-3-14-18(39-37-35-29)8-19(40(30,31)32)15-4-1-12(16)21(13)22(14)15/h1-4,7-8,11,28-29H,5-6,9-10H2,(H,26,27)(H,30,31,32). The molecular formula is C23H19NO13S3. The first-order valence-electron chi connectivity index (χ1n) is 11.3. The van der Waals surface area contributed by atoms with E-state index in [4.69, 9.17) is 15.3 Å². The monoisotopic (exact) mass is 613 g/mol. The van der Waals surface area contributed by atoms with Crippen molar-refractivity contribution in [3.05, 3.63) is 36.4 Å². The number of carbonyl (C=O) groups is 2. The molecule has 1 aliphatic rings. The Labute approximate surface area is 233 Å². The molecule has 1 aliphatic heterocycles. The van der Waals surface area contributed by atoms with E-state index in [0.717, 1.165) is 6.07 Å². The maximum atomic E-state index is 12.8. The van der Waals surface area contributed by atoms with E-state index in [2.05, 4.69) is 18.7 Å². The van der Waals surface area contributed by atoms with Crippen molar-refractivity contribution >= 4 is 78.4 Å². The molecule has 212 valence electrons. The van der Waals surface area contributed by atoms with Crippen molar-refractivity contribution in [1.29, 1.82) is 0 Å². The van der Waals surface area contributed by atoms with E-state index < -0.39 is 39.4 Å². The van der Waals surface area contributed by atoms with Crippen LogP contribution in [0.1, 0.15) is 6.42 Å². The number of ether oxygens (including phenoxy) is 1. The number of likely N-dealkylation sites (tertiary alicyclic amines) is 1. The number of hydrogen-bond donors (Lipinski definition) is 4. The molecule has 0 saturated carbocycles. The van der Waals surface area contributed by atoms with Gasteiger partial charge in [-0.25, -0.2) is 10.5 Å². The van der Waals surface area contributed by atoms with Gasteiger partial charge in [-0.15, -0.1) is 8.67 Å². The Morgan fingerprint density at radius 3 is 2.08 bits per heavy atom. The van der Waals surface area contributed by atoms with Crippen molar-refractivity contribution in [2.45, 2.75) is 21.1 Å². The topological polar surface area (TPSA) is 199 Å². The first-order valence-corrected chi connectivity index (χ1v) is 14.2.